The Labute approximate surface area is 103 Å². The summed E-state index contributed by atoms with van der Waals surface area (Å²) in [4.78, 5) is 2.47. The van der Waals surface area contributed by atoms with Crippen LogP contribution in [0.15, 0.2) is 24.3 Å². The number of nitrogens with zero attached hydrogens (tertiary/aromatic N) is 1. The fraction of sp³-hybridized carbons (Fsp3) is 0.571. The van der Waals surface area contributed by atoms with Crippen LogP contribution < -0.4 is 5.32 Å². The van der Waals surface area contributed by atoms with Gasteiger partial charge in [-0.3, -0.25) is 4.90 Å². The number of rotatable bonds is 4. The van der Waals surface area contributed by atoms with Gasteiger partial charge in [-0.15, -0.1) is 0 Å². The first kappa shape index (κ1) is 12.5. The average molecular weight is 236 g/mol. The van der Waals surface area contributed by atoms with Crippen LogP contribution in [0, 0.1) is 5.82 Å². The van der Waals surface area contributed by atoms with Crippen LogP contribution in [0.3, 0.4) is 0 Å². The molecule has 0 radical (unpaired) electrons. The van der Waals surface area contributed by atoms with Gasteiger partial charge in [-0.1, -0.05) is 19.1 Å². The molecule has 0 spiro atoms. The lowest BCUT2D eigenvalue weighted by molar-refractivity contribution is 0.166. The van der Waals surface area contributed by atoms with E-state index in [4.69, 9.17) is 0 Å². The molecule has 0 bridgehead atoms. The van der Waals surface area contributed by atoms with E-state index in [1.165, 1.54) is 18.4 Å². The van der Waals surface area contributed by atoms with Crippen LogP contribution in [-0.2, 0) is 6.54 Å². The Bertz CT molecular complexity index is 331. The first-order valence-electron chi connectivity index (χ1n) is 6.49. The summed E-state index contributed by atoms with van der Waals surface area (Å²) in [5.41, 5.74) is 1.19. The van der Waals surface area contributed by atoms with E-state index in [0.29, 0.717) is 6.04 Å². The third-order valence-corrected chi connectivity index (χ3v) is 3.49. The van der Waals surface area contributed by atoms with Crippen molar-refractivity contribution in [1.29, 1.82) is 0 Å². The Morgan fingerprint density at radius 1 is 1.35 bits per heavy atom. The molecule has 1 heterocycles. The minimum Gasteiger partial charge on any atom is -0.315 e. The van der Waals surface area contributed by atoms with E-state index in [-0.39, 0.29) is 5.82 Å². The predicted molar refractivity (Wildman–Crippen MR) is 68.4 cm³/mol. The molecule has 1 aliphatic rings. The Morgan fingerprint density at radius 2 is 2.12 bits per heavy atom. The van der Waals surface area contributed by atoms with Crippen molar-refractivity contribution in [1.82, 2.24) is 10.2 Å². The molecular weight excluding hydrogens is 215 g/mol. The molecule has 0 saturated carbocycles. The molecule has 1 saturated heterocycles. The second kappa shape index (κ2) is 6.12. The predicted octanol–water partition coefficient (Wildman–Crippen LogP) is 2.40. The number of hydrogen-bond acceptors (Lipinski definition) is 2. The van der Waals surface area contributed by atoms with Crippen molar-refractivity contribution in [3.8, 4) is 0 Å². The van der Waals surface area contributed by atoms with Crippen LogP contribution in [-0.4, -0.2) is 30.6 Å². The maximum atomic E-state index is 12.8. The molecule has 0 aliphatic carbocycles. The summed E-state index contributed by atoms with van der Waals surface area (Å²) in [6.45, 7) is 6.38. The second-order valence-corrected chi connectivity index (χ2v) is 4.69. The molecule has 1 N–H and O–H groups in total. The van der Waals surface area contributed by atoms with Crippen LogP contribution in [0.25, 0.3) is 0 Å². The Kier molecular flexibility index (Phi) is 4.51. The molecule has 1 fully saturated rings. The van der Waals surface area contributed by atoms with E-state index in [1.807, 2.05) is 12.1 Å². The summed E-state index contributed by atoms with van der Waals surface area (Å²) in [6, 6.07) is 7.48. The highest BCUT2D eigenvalue weighted by Crippen LogP contribution is 2.14. The van der Waals surface area contributed by atoms with E-state index in [2.05, 4.69) is 17.1 Å². The van der Waals surface area contributed by atoms with Gasteiger partial charge in [-0.05, 0) is 43.6 Å². The average Bonchev–Trinajstić information content (AvgIpc) is 2.39. The Morgan fingerprint density at radius 3 is 2.71 bits per heavy atom. The van der Waals surface area contributed by atoms with Crippen LogP contribution in [0.5, 0.6) is 0 Å². The molecular formula is C14H21FN2. The minimum absolute atomic E-state index is 0.156. The maximum Gasteiger partial charge on any atom is 0.123 e. The second-order valence-electron chi connectivity index (χ2n) is 4.69. The van der Waals surface area contributed by atoms with Gasteiger partial charge in [0.25, 0.3) is 0 Å². The molecule has 1 aromatic rings. The third kappa shape index (κ3) is 3.51. The molecule has 3 heteroatoms. The molecule has 0 amide bonds. The molecule has 1 aliphatic heterocycles. The van der Waals surface area contributed by atoms with Gasteiger partial charge in [0, 0.05) is 19.1 Å². The zero-order valence-electron chi connectivity index (χ0n) is 10.5. The van der Waals surface area contributed by atoms with Gasteiger partial charge in [0.05, 0.1) is 0 Å². The molecule has 2 rings (SSSR count). The monoisotopic (exact) mass is 236 g/mol. The number of hydrogen-bond donors (Lipinski definition) is 1. The molecule has 0 aromatic heterocycles. The zero-order chi connectivity index (χ0) is 12.1. The quantitative estimate of drug-likeness (QED) is 0.863. The number of halogens is 1. The summed E-state index contributed by atoms with van der Waals surface area (Å²) in [5, 5.41) is 3.44. The maximum absolute atomic E-state index is 12.8. The number of benzene rings is 1. The molecule has 1 atom stereocenters. The first-order chi connectivity index (χ1) is 8.29. The largest absolute Gasteiger partial charge is 0.315 e. The molecule has 1 unspecified atom stereocenters. The van der Waals surface area contributed by atoms with Crippen molar-refractivity contribution in [2.45, 2.75) is 32.4 Å². The summed E-state index contributed by atoms with van der Waals surface area (Å²) in [6.07, 6.45) is 2.52. The van der Waals surface area contributed by atoms with Gasteiger partial charge in [0.2, 0.25) is 0 Å². The van der Waals surface area contributed by atoms with Crippen molar-refractivity contribution in [3.05, 3.63) is 35.6 Å². The van der Waals surface area contributed by atoms with Gasteiger partial charge >= 0.3 is 0 Å². The normalized spacial score (nSPS) is 20.8. The highest BCUT2D eigenvalue weighted by Gasteiger charge is 2.19. The third-order valence-electron chi connectivity index (χ3n) is 3.49. The van der Waals surface area contributed by atoms with E-state index < -0.39 is 0 Å². The van der Waals surface area contributed by atoms with Crippen LogP contribution >= 0.6 is 0 Å². The number of nitrogens with one attached hydrogen (secondary N) is 1. The van der Waals surface area contributed by atoms with Crippen molar-refractivity contribution in [2.24, 2.45) is 0 Å². The van der Waals surface area contributed by atoms with Gasteiger partial charge in [-0.25, -0.2) is 4.39 Å². The topological polar surface area (TPSA) is 15.3 Å². The van der Waals surface area contributed by atoms with Crippen molar-refractivity contribution in [2.75, 3.05) is 19.6 Å². The Hall–Kier alpha value is -0.930. The van der Waals surface area contributed by atoms with Crippen LogP contribution in [0.2, 0.25) is 0 Å². The van der Waals surface area contributed by atoms with Crippen LogP contribution in [0.4, 0.5) is 4.39 Å². The highest BCUT2D eigenvalue weighted by atomic mass is 19.1. The van der Waals surface area contributed by atoms with E-state index in [1.54, 1.807) is 12.1 Å². The highest BCUT2D eigenvalue weighted by molar-refractivity contribution is 5.16. The van der Waals surface area contributed by atoms with Crippen molar-refractivity contribution in [3.63, 3.8) is 0 Å². The van der Waals surface area contributed by atoms with E-state index in [9.17, 15) is 4.39 Å². The van der Waals surface area contributed by atoms with E-state index in [0.717, 1.165) is 26.2 Å². The summed E-state index contributed by atoms with van der Waals surface area (Å²) < 4.78 is 12.8. The van der Waals surface area contributed by atoms with Gasteiger partial charge in [-0.2, -0.15) is 0 Å². The Balaban J connectivity index is 1.96. The SMILES string of the molecule is CCN(Cc1ccc(F)cc1)C1CCCNC1. The van der Waals surface area contributed by atoms with Gasteiger partial charge < -0.3 is 5.32 Å². The molecule has 2 nitrogen and oxygen atoms in total. The molecule has 94 valence electrons. The van der Waals surface area contributed by atoms with Gasteiger partial charge in [0.15, 0.2) is 0 Å². The molecule has 17 heavy (non-hydrogen) atoms. The summed E-state index contributed by atoms with van der Waals surface area (Å²) >= 11 is 0. The number of piperidine rings is 1. The first-order valence-corrected chi connectivity index (χ1v) is 6.49. The summed E-state index contributed by atoms with van der Waals surface area (Å²) in [7, 11) is 0. The zero-order valence-corrected chi connectivity index (χ0v) is 10.5. The lowest BCUT2D eigenvalue weighted by Crippen LogP contribution is -2.45. The smallest absolute Gasteiger partial charge is 0.123 e. The fourth-order valence-corrected chi connectivity index (χ4v) is 2.47. The molecule has 1 aromatic carbocycles. The summed E-state index contributed by atoms with van der Waals surface area (Å²) in [5.74, 6) is -0.156. The van der Waals surface area contributed by atoms with E-state index >= 15 is 0 Å². The van der Waals surface area contributed by atoms with Gasteiger partial charge in [0.1, 0.15) is 5.82 Å². The number of likely N-dealkylation sites (N-methyl/N-ethyl adjacent to an activating group) is 1. The lowest BCUT2D eigenvalue weighted by Gasteiger charge is -2.34. The van der Waals surface area contributed by atoms with Crippen molar-refractivity contribution >= 4 is 0 Å². The van der Waals surface area contributed by atoms with Crippen LogP contribution in [0.1, 0.15) is 25.3 Å². The minimum atomic E-state index is -0.156. The fourth-order valence-electron chi connectivity index (χ4n) is 2.47. The van der Waals surface area contributed by atoms with Crippen molar-refractivity contribution < 1.29 is 4.39 Å². The standard InChI is InChI=1S/C14H21FN2/c1-2-17(14-4-3-9-16-10-14)11-12-5-7-13(15)8-6-12/h5-8,14,16H,2-4,9-11H2,1H3. The lowest BCUT2D eigenvalue weighted by atomic mass is 10.0.